The molecule has 1 unspecified atom stereocenters. The molecule has 124 valence electrons. The van der Waals surface area contributed by atoms with E-state index < -0.39 is 0 Å². The summed E-state index contributed by atoms with van der Waals surface area (Å²) in [5.74, 6) is 0.803. The maximum absolute atomic E-state index is 12.4. The van der Waals surface area contributed by atoms with E-state index in [2.05, 4.69) is 10.3 Å². The summed E-state index contributed by atoms with van der Waals surface area (Å²) >= 11 is 0. The van der Waals surface area contributed by atoms with Gasteiger partial charge < -0.3 is 15.0 Å². The van der Waals surface area contributed by atoms with Crippen LogP contribution in [0.4, 0.5) is 0 Å². The van der Waals surface area contributed by atoms with Crippen molar-refractivity contribution in [2.24, 2.45) is 7.05 Å². The van der Waals surface area contributed by atoms with Gasteiger partial charge in [-0.1, -0.05) is 30.3 Å². The fourth-order valence-corrected chi connectivity index (χ4v) is 2.37. The molecule has 0 bridgehead atoms. The molecule has 1 heterocycles. The molecule has 1 aromatic heterocycles. The lowest BCUT2D eigenvalue weighted by atomic mass is 10.2. The van der Waals surface area contributed by atoms with Crippen molar-refractivity contribution >= 4 is 5.91 Å². The Kier molecular flexibility index (Phi) is 6.31. The number of carbonyl (C=O) groups is 1. The molecule has 0 spiro atoms. The maximum atomic E-state index is 12.4. The fourth-order valence-electron chi connectivity index (χ4n) is 2.37. The number of imidazole rings is 1. The van der Waals surface area contributed by atoms with Crippen molar-refractivity contribution in [3.05, 3.63) is 54.1 Å². The molecular weight excluding hydrogens is 292 g/mol. The van der Waals surface area contributed by atoms with Crippen LogP contribution in [0.15, 0.2) is 42.7 Å². The van der Waals surface area contributed by atoms with Gasteiger partial charge in [0, 0.05) is 32.5 Å². The van der Waals surface area contributed by atoms with Gasteiger partial charge in [0.1, 0.15) is 5.82 Å². The number of aromatic nitrogens is 2. The number of aliphatic hydroxyl groups excluding tert-OH is 1. The minimum absolute atomic E-state index is 0.000722. The van der Waals surface area contributed by atoms with Crippen LogP contribution >= 0.6 is 0 Å². The summed E-state index contributed by atoms with van der Waals surface area (Å²) in [7, 11) is 1.92. The lowest BCUT2D eigenvalue weighted by Crippen LogP contribution is -2.46. The van der Waals surface area contributed by atoms with Crippen LogP contribution in [0.5, 0.6) is 0 Å². The zero-order valence-corrected chi connectivity index (χ0v) is 13.6. The molecule has 1 aromatic carbocycles. The van der Waals surface area contributed by atoms with Crippen LogP contribution < -0.4 is 5.32 Å². The van der Waals surface area contributed by atoms with E-state index in [0.29, 0.717) is 19.6 Å². The summed E-state index contributed by atoms with van der Waals surface area (Å²) in [4.78, 5) is 18.6. The minimum atomic E-state index is -0.345. The van der Waals surface area contributed by atoms with Crippen LogP contribution in [-0.4, -0.2) is 44.7 Å². The Bertz CT molecular complexity index is 612. The predicted molar refractivity (Wildman–Crippen MR) is 88.5 cm³/mol. The third-order valence-electron chi connectivity index (χ3n) is 3.89. The topological polar surface area (TPSA) is 70.4 Å². The van der Waals surface area contributed by atoms with E-state index in [9.17, 15) is 9.90 Å². The standard InChI is InChI=1S/C17H24N4O2/c1-14(17(23)19-12-15-6-4-3-5-7-15)21(10-11-22)13-16-18-8-9-20(16)2/h3-9,14,22H,10-13H2,1-2H3,(H,19,23). The minimum Gasteiger partial charge on any atom is -0.395 e. The quantitative estimate of drug-likeness (QED) is 0.760. The van der Waals surface area contributed by atoms with Gasteiger partial charge in [0.25, 0.3) is 0 Å². The van der Waals surface area contributed by atoms with Crippen molar-refractivity contribution < 1.29 is 9.90 Å². The average molecular weight is 316 g/mol. The number of nitrogens with zero attached hydrogens (tertiary/aromatic N) is 3. The zero-order valence-electron chi connectivity index (χ0n) is 13.6. The molecule has 6 heteroatoms. The molecule has 2 rings (SSSR count). The number of rotatable bonds is 8. The second kappa shape index (κ2) is 8.45. The van der Waals surface area contributed by atoms with Gasteiger partial charge in [0.2, 0.25) is 5.91 Å². The highest BCUT2D eigenvalue weighted by molar-refractivity contribution is 5.81. The first-order chi connectivity index (χ1) is 11.1. The number of carbonyl (C=O) groups excluding carboxylic acids is 1. The largest absolute Gasteiger partial charge is 0.395 e. The summed E-state index contributed by atoms with van der Waals surface area (Å²) in [6.45, 7) is 3.29. The van der Waals surface area contributed by atoms with E-state index in [0.717, 1.165) is 11.4 Å². The number of aliphatic hydroxyl groups is 1. The third-order valence-corrected chi connectivity index (χ3v) is 3.89. The van der Waals surface area contributed by atoms with Crippen LogP contribution in [0, 0.1) is 0 Å². The molecule has 6 nitrogen and oxygen atoms in total. The van der Waals surface area contributed by atoms with Crippen LogP contribution in [0.1, 0.15) is 18.3 Å². The molecule has 1 atom stereocenters. The van der Waals surface area contributed by atoms with E-state index in [1.165, 1.54) is 0 Å². The van der Waals surface area contributed by atoms with E-state index in [-0.39, 0.29) is 18.6 Å². The highest BCUT2D eigenvalue weighted by Gasteiger charge is 2.22. The summed E-state index contributed by atoms with van der Waals surface area (Å²) in [5.41, 5.74) is 1.06. The zero-order chi connectivity index (χ0) is 16.7. The van der Waals surface area contributed by atoms with Gasteiger partial charge in [-0.15, -0.1) is 0 Å². The first kappa shape index (κ1) is 17.2. The van der Waals surface area contributed by atoms with E-state index >= 15 is 0 Å². The summed E-state index contributed by atoms with van der Waals surface area (Å²) in [5, 5.41) is 12.2. The van der Waals surface area contributed by atoms with Gasteiger partial charge in [-0.05, 0) is 12.5 Å². The van der Waals surface area contributed by atoms with Gasteiger partial charge in [-0.3, -0.25) is 9.69 Å². The molecule has 0 saturated heterocycles. The molecule has 0 aliphatic rings. The summed E-state index contributed by atoms with van der Waals surface area (Å²) < 4.78 is 1.92. The van der Waals surface area contributed by atoms with Gasteiger partial charge in [-0.25, -0.2) is 4.98 Å². The first-order valence-corrected chi connectivity index (χ1v) is 7.74. The molecule has 0 aliphatic carbocycles. The summed E-state index contributed by atoms with van der Waals surface area (Å²) in [6, 6.07) is 9.45. The normalized spacial score (nSPS) is 12.3. The number of benzene rings is 1. The highest BCUT2D eigenvalue weighted by atomic mass is 16.3. The van der Waals surface area contributed by atoms with Gasteiger partial charge in [0.05, 0.1) is 19.2 Å². The fraction of sp³-hybridized carbons (Fsp3) is 0.412. The molecule has 2 aromatic rings. The van der Waals surface area contributed by atoms with E-state index in [4.69, 9.17) is 0 Å². The van der Waals surface area contributed by atoms with Crippen LogP contribution in [0.3, 0.4) is 0 Å². The van der Waals surface area contributed by atoms with Crippen molar-refractivity contribution in [1.29, 1.82) is 0 Å². The Morgan fingerprint density at radius 3 is 2.74 bits per heavy atom. The van der Waals surface area contributed by atoms with E-state index in [1.54, 1.807) is 6.20 Å². The lowest BCUT2D eigenvalue weighted by Gasteiger charge is -2.27. The molecule has 1 amide bonds. The van der Waals surface area contributed by atoms with Crippen LogP contribution in [0.25, 0.3) is 0 Å². The number of aryl methyl sites for hydroxylation is 1. The summed E-state index contributed by atoms with van der Waals surface area (Å²) in [6.07, 6.45) is 3.60. The Balaban J connectivity index is 1.94. The average Bonchev–Trinajstić information content (AvgIpc) is 2.97. The van der Waals surface area contributed by atoms with Gasteiger partial charge in [-0.2, -0.15) is 0 Å². The van der Waals surface area contributed by atoms with Gasteiger partial charge in [0.15, 0.2) is 0 Å². The molecule has 0 fully saturated rings. The molecule has 23 heavy (non-hydrogen) atoms. The van der Waals surface area contributed by atoms with Crippen molar-refractivity contribution in [2.45, 2.75) is 26.1 Å². The predicted octanol–water partition coefficient (Wildman–Crippen LogP) is 0.919. The number of amides is 1. The number of nitrogens with one attached hydrogen (secondary N) is 1. The van der Waals surface area contributed by atoms with E-state index in [1.807, 2.05) is 60.0 Å². The second-order valence-corrected chi connectivity index (χ2v) is 5.53. The smallest absolute Gasteiger partial charge is 0.237 e. The second-order valence-electron chi connectivity index (χ2n) is 5.53. The van der Waals surface area contributed by atoms with Crippen molar-refractivity contribution in [3.63, 3.8) is 0 Å². The first-order valence-electron chi connectivity index (χ1n) is 7.74. The van der Waals surface area contributed by atoms with Crippen molar-refractivity contribution in [3.8, 4) is 0 Å². The Morgan fingerprint density at radius 1 is 1.39 bits per heavy atom. The molecule has 0 saturated carbocycles. The Hall–Kier alpha value is -2.18. The van der Waals surface area contributed by atoms with Crippen LogP contribution in [0.2, 0.25) is 0 Å². The van der Waals surface area contributed by atoms with Gasteiger partial charge >= 0.3 is 0 Å². The Labute approximate surface area is 136 Å². The SMILES string of the molecule is CC(C(=O)NCc1ccccc1)N(CCO)Cc1nccn1C. The molecule has 0 aliphatic heterocycles. The van der Waals surface area contributed by atoms with Crippen molar-refractivity contribution in [1.82, 2.24) is 19.8 Å². The monoisotopic (exact) mass is 316 g/mol. The maximum Gasteiger partial charge on any atom is 0.237 e. The highest BCUT2D eigenvalue weighted by Crippen LogP contribution is 2.07. The Morgan fingerprint density at radius 2 is 2.13 bits per heavy atom. The molecular formula is C17H24N4O2. The molecule has 2 N–H and O–H groups in total. The van der Waals surface area contributed by atoms with Crippen molar-refractivity contribution in [2.75, 3.05) is 13.2 Å². The van der Waals surface area contributed by atoms with Crippen LogP contribution in [-0.2, 0) is 24.9 Å². The number of hydrogen-bond acceptors (Lipinski definition) is 4. The number of hydrogen-bond donors (Lipinski definition) is 2. The molecule has 0 radical (unpaired) electrons. The third kappa shape index (κ3) is 4.91. The lowest BCUT2D eigenvalue weighted by molar-refractivity contribution is -0.126.